The predicted molar refractivity (Wildman–Crippen MR) is 78.5 cm³/mol. The molecule has 1 aromatic rings. The Hall–Kier alpha value is -1.55. The second kappa shape index (κ2) is 6.57. The molecule has 0 radical (unpaired) electrons. The number of hydrogen-bond donors (Lipinski definition) is 2. The molecular formula is C15H23N3O. The number of carbonyl (C=O) groups excluding carboxylic acids is 1. The van der Waals surface area contributed by atoms with E-state index >= 15 is 0 Å². The molecule has 104 valence electrons. The topological polar surface area (TPSA) is 44.4 Å². The molecule has 1 atom stereocenters. The van der Waals surface area contributed by atoms with Crippen LogP contribution in [0.15, 0.2) is 24.3 Å². The van der Waals surface area contributed by atoms with Gasteiger partial charge in [0.2, 0.25) is 0 Å². The molecule has 2 rings (SSSR count). The quantitative estimate of drug-likeness (QED) is 0.868. The number of benzene rings is 1. The number of anilines is 1. The number of rotatable bonds is 4. The Balaban J connectivity index is 1.93. The fourth-order valence-electron chi connectivity index (χ4n) is 2.38. The number of amides is 1. The summed E-state index contributed by atoms with van der Waals surface area (Å²) in [5.41, 5.74) is 1.76. The smallest absolute Gasteiger partial charge is 0.253 e. The zero-order chi connectivity index (χ0) is 13.7. The van der Waals surface area contributed by atoms with E-state index in [1.807, 2.05) is 24.3 Å². The Morgan fingerprint density at radius 3 is 3.00 bits per heavy atom. The maximum absolute atomic E-state index is 11.9. The normalized spacial score (nSPS) is 18.9. The summed E-state index contributed by atoms with van der Waals surface area (Å²) in [5.74, 6) is 0.727. The summed E-state index contributed by atoms with van der Waals surface area (Å²) in [6, 6.07) is 7.73. The van der Waals surface area contributed by atoms with Crippen molar-refractivity contribution < 1.29 is 4.79 Å². The lowest BCUT2D eigenvalue weighted by Gasteiger charge is -2.23. The van der Waals surface area contributed by atoms with E-state index in [4.69, 9.17) is 0 Å². The molecule has 1 aliphatic heterocycles. The molecule has 1 heterocycles. The lowest BCUT2D eigenvalue weighted by atomic mass is 9.99. The molecule has 1 unspecified atom stereocenters. The highest BCUT2D eigenvalue weighted by Crippen LogP contribution is 2.15. The first-order valence-electron chi connectivity index (χ1n) is 6.93. The van der Waals surface area contributed by atoms with Crippen molar-refractivity contribution in [1.29, 1.82) is 0 Å². The Morgan fingerprint density at radius 1 is 1.47 bits per heavy atom. The van der Waals surface area contributed by atoms with Crippen LogP contribution in [0.2, 0.25) is 0 Å². The second-order valence-electron chi connectivity index (χ2n) is 5.37. The monoisotopic (exact) mass is 261 g/mol. The van der Waals surface area contributed by atoms with Crippen molar-refractivity contribution in [2.75, 3.05) is 39.0 Å². The van der Waals surface area contributed by atoms with Crippen LogP contribution in [0.3, 0.4) is 0 Å². The van der Waals surface area contributed by atoms with E-state index in [1.165, 1.54) is 12.8 Å². The largest absolute Gasteiger partial charge is 0.385 e. The van der Waals surface area contributed by atoms with Gasteiger partial charge in [-0.2, -0.15) is 0 Å². The summed E-state index contributed by atoms with van der Waals surface area (Å²) in [5, 5.41) is 6.85. The van der Waals surface area contributed by atoms with Crippen LogP contribution in [0.5, 0.6) is 0 Å². The summed E-state index contributed by atoms with van der Waals surface area (Å²) in [7, 11) is 3.55. The van der Waals surface area contributed by atoms with Crippen LogP contribution in [0, 0.1) is 5.92 Å². The van der Waals surface area contributed by atoms with Crippen LogP contribution in [-0.2, 0) is 0 Å². The molecule has 1 saturated heterocycles. The fourth-order valence-corrected chi connectivity index (χ4v) is 2.38. The molecule has 0 spiro atoms. The minimum atomic E-state index is 0.0444. The van der Waals surface area contributed by atoms with Gasteiger partial charge in [0.25, 0.3) is 5.91 Å². The molecule has 4 heteroatoms. The zero-order valence-corrected chi connectivity index (χ0v) is 11.8. The Kier molecular flexibility index (Phi) is 4.80. The van der Waals surface area contributed by atoms with E-state index in [-0.39, 0.29) is 5.91 Å². The Bertz CT molecular complexity index is 425. The van der Waals surface area contributed by atoms with Crippen LogP contribution in [-0.4, -0.2) is 44.5 Å². The first-order chi connectivity index (χ1) is 9.16. The number of piperidine rings is 1. The zero-order valence-electron chi connectivity index (χ0n) is 11.8. The van der Waals surface area contributed by atoms with E-state index in [9.17, 15) is 4.79 Å². The lowest BCUT2D eigenvalue weighted by molar-refractivity contribution is 0.0827. The summed E-state index contributed by atoms with van der Waals surface area (Å²) in [4.78, 5) is 13.5. The first-order valence-corrected chi connectivity index (χ1v) is 6.93. The van der Waals surface area contributed by atoms with Crippen molar-refractivity contribution in [3.8, 4) is 0 Å². The van der Waals surface area contributed by atoms with Crippen molar-refractivity contribution in [3.05, 3.63) is 29.8 Å². The molecule has 0 aromatic heterocycles. The highest BCUT2D eigenvalue weighted by atomic mass is 16.2. The lowest BCUT2D eigenvalue weighted by Crippen LogP contribution is -2.33. The highest BCUT2D eigenvalue weighted by molar-refractivity contribution is 5.94. The average Bonchev–Trinajstić information content (AvgIpc) is 2.45. The van der Waals surface area contributed by atoms with Gasteiger partial charge in [-0.1, -0.05) is 6.07 Å². The van der Waals surface area contributed by atoms with Gasteiger partial charge in [-0.3, -0.25) is 4.79 Å². The minimum Gasteiger partial charge on any atom is -0.385 e. The first kappa shape index (κ1) is 13.9. The average molecular weight is 261 g/mol. The summed E-state index contributed by atoms with van der Waals surface area (Å²) in [6.45, 7) is 3.19. The minimum absolute atomic E-state index is 0.0444. The maximum Gasteiger partial charge on any atom is 0.253 e. The van der Waals surface area contributed by atoms with Gasteiger partial charge >= 0.3 is 0 Å². The molecule has 0 saturated carbocycles. The third kappa shape index (κ3) is 3.96. The molecule has 0 bridgehead atoms. The predicted octanol–water partition coefficient (Wildman–Crippen LogP) is 1.80. The standard InChI is InChI=1S/C15H23N3O/c1-18(2)15(19)13-6-3-7-14(9-13)17-11-12-5-4-8-16-10-12/h3,6-7,9,12,16-17H,4-5,8,10-11H2,1-2H3. The summed E-state index contributed by atoms with van der Waals surface area (Å²) >= 11 is 0. The summed E-state index contributed by atoms with van der Waals surface area (Å²) in [6.07, 6.45) is 2.53. The molecule has 19 heavy (non-hydrogen) atoms. The molecule has 1 aliphatic rings. The van der Waals surface area contributed by atoms with Crippen molar-refractivity contribution in [1.82, 2.24) is 10.2 Å². The number of hydrogen-bond acceptors (Lipinski definition) is 3. The van der Waals surface area contributed by atoms with Gasteiger partial charge in [0.15, 0.2) is 0 Å². The number of nitrogens with zero attached hydrogens (tertiary/aromatic N) is 1. The molecule has 0 aliphatic carbocycles. The van der Waals surface area contributed by atoms with Gasteiger partial charge < -0.3 is 15.5 Å². The second-order valence-corrected chi connectivity index (χ2v) is 5.37. The van der Waals surface area contributed by atoms with Gasteiger partial charge in [-0.05, 0) is 50.0 Å². The van der Waals surface area contributed by atoms with Gasteiger partial charge in [0, 0.05) is 31.9 Å². The highest BCUT2D eigenvalue weighted by Gasteiger charge is 2.13. The number of nitrogens with one attached hydrogen (secondary N) is 2. The van der Waals surface area contributed by atoms with Gasteiger partial charge in [0.1, 0.15) is 0 Å². The van der Waals surface area contributed by atoms with E-state index in [1.54, 1.807) is 19.0 Å². The SMILES string of the molecule is CN(C)C(=O)c1cccc(NCC2CCCNC2)c1. The molecule has 4 nitrogen and oxygen atoms in total. The number of carbonyl (C=O) groups is 1. The summed E-state index contributed by atoms with van der Waals surface area (Å²) < 4.78 is 0. The van der Waals surface area contributed by atoms with Crippen LogP contribution in [0.4, 0.5) is 5.69 Å². The van der Waals surface area contributed by atoms with Crippen LogP contribution in [0.25, 0.3) is 0 Å². The third-order valence-corrected chi connectivity index (χ3v) is 3.51. The van der Waals surface area contributed by atoms with Crippen LogP contribution >= 0.6 is 0 Å². The Morgan fingerprint density at radius 2 is 2.32 bits per heavy atom. The molecule has 1 aromatic carbocycles. The maximum atomic E-state index is 11.9. The van der Waals surface area contributed by atoms with E-state index < -0.39 is 0 Å². The van der Waals surface area contributed by atoms with Gasteiger partial charge in [-0.15, -0.1) is 0 Å². The molecular weight excluding hydrogens is 238 g/mol. The fraction of sp³-hybridized carbons (Fsp3) is 0.533. The van der Waals surface area contributed by atoms with E-state index in [2.05, 4.69) is 10.6 Å². The van der Waals surface area contributed by atoms with Gasteiger partial charge in [0.05, 0.1) is 0 Å². The Labute approximate surface area is 115 Å². The van der Waals surface area contributed by atoms with Gasteiger partial charge in [-0.25, -0.2) is 0 Å². The van der Waals surface area contributed by atoms with Crippen molar-refractivity contribution in [2.45, 2.75) is 12.8 Å². The van der Waals surface area contributed by atoms with E-state index in [0.717, 1.165) is 30.9 Å². The van der Waals surface area contributed by atoms with Crippen LogP contribution in [0.1, 0.15) is 23.2 Å². The molecule has 2 N–H and O–H groups in total. The molecule has 1 amide bonds. The van der Waals surface area contributed by atoms with Crippen molar-refractivity contribution in [3.63, 3.8) is 0 Å². The van der Waals surface area contributed by atoms with Crippen molar-refractivity contribution >= 4 is 11.6 Å². The van der Waals surface area contributed by atoms with E-state index in [0.29, 0.717) is 5.92 Å². The van der Waals surface area contributed by atoms with Crippen molar-refractivity contribution in [2.24, 2.45) is 5.92 Å². The third-order valence-electron chi connectivity index (χ3n) is 3.51. The molecule has 1 fully saturated rings. The van der Waals surface area contributed by atoms with Crippen LogP contribution < -0.4 is 10.6 Å².